The molecule has 1 aromatic rings. The molecule has 2 nitrogen and oxygen atoms in total. The minimum absolute atomic E-state index is 0.0148. The number of aryl methyl sites for hydroxylation is 1. The molecule has 0 radical (unpaired) electrons. The van der Waals surface area contributed by atoms with Crippen molar-refractivity contribution in [2.45, 2.75) is 57.4 Å². The van der Waals surface area contributed by atoms with Crippen LogP contribution in [0.2, 0.25) is 10.0 Å². The fourth-order valence-corrected chi connectivity index (χ4v) is 3.33. The van der Waals surface area contributed by atoms with Gasteiger partial charge in [-0.15, -0.1) is 0 Å². The topological polar surface area (TPSA) is 29.1 Å². The smallest absolute Gasteiger partial charge is 0.220 e. The molecule has 1 fully saturated rings. The molecule has 20 heavy (non-hydrogen) atoms. The highest BCUT2D eigenvalue weighted by atomic mass is 35.5. The molecule has 0 atom stereocenters. The molecule has 1 aliphatic carbocycles. The Labute approximate surface area is 130 Å². The Morgan fingerprint density at radius 2 is 1.95 bits per heavy atom. The summed E-state index contributed by atoms with van der Waals surface area (Å²) in [7, 11) is 0. The van der Waals surface area contributed by atoms with Gasteiger partial charge in [-0.2, -0.15) is 0 Å². The van der Waals surface area contributed by atoms with Crippen molar-refractivity contribution >= 4 is 29.1 Å². The Kier molecular flexibility index (Phi) is 5.34. The zero-order chi connectivity index (χ0) is 14.6. The van der Waals surface area contributed by atoms with E-state index >= 15 is 0 Å². The van der Waals surface area contributed by atoms with Gasteiger partial charge in [0.25, 0.3) is 0 Å². The van der Waals surface area contributed by atoms with Crippen LogP contribution >= 0.6 is 23.2 Å². The predicted molar refractivity (Wildman–Crippen MR) is 84.4 cm³/mol. The molecular formula is C16H21Cl2NO. The molecule has 0 aromatic heterocycles. The zero-order valence-corrected chi connectivity index (χ0v) is 13.4. The summed E-state index contributed by atoms with van der Waals surface area (Å²) in [5, 5.41) is 4.44. The summed E-state index contributed by atoms with van der Waals surface area (Å²) in [4.78, 5) is 12.1. The van der Waals surface area contributed by atoms with E-state index in [1.807, 2.05) is 12.1 Å². The Hall–Kier alpha value is -0.730. The SMILES string of the molecule is CC1(NC(=O)CCc2ccc(Cl)cc2Cl)CCCCC1. The molecule has 0 unspecified atom stereocenters. The van der Waals surface area contributed by atoms with Crippen molar-refractivity contribution in [2.24, 2.45) is 0 Å². The fraction of sp³-hybridized carbons (Fsp3) is 0.562. The van der Waals surface area contributed by atoms with Crippen molar-refractivity contribution in [3.63, 3.8) is 0 Å². The van der Waals surface area contributed by atoms with Gasteiger partial charge in [-0.3, -0.25) is 4.79 Å². The van der Waals surface area contributed by atoms with E-state index in [9.17, 15) is 4.79 Å². The lowest BCUT2D eigenvalue weighted by Crippen LogP contribution is -2.47. The normalized spacial score (nSPS) is 17.8. The van der Waals surface area contributed by atoms with Crippen LogP contribution in [0.1, 0.15) is 51.0 Å². The molecule has 0 heterocycles. The third-order valence-corrected chi connectivity index (χ3v) is 4.62. The van der Waals surface area contributed by atoms with Crippen molar-refractivity contribution in [3.8, 4) is 0 Å². The first-order chi connectivity index (χ1) is 9.48. The zero-order valence-electron chi connectivity index (χ0n) is 11.8. The highest BCUT2D eigenvalue weighted by Crippen LogP contribution is 2.28. The minimum atomic E-state index is -0.0148. The highest BCUT2D eigenvalue weighted by Gasteiger charge is 2.27. The largest absolute Gasteiger partial charge is 0.351 e. The van der Waals surface area contributed by atoms with Crippen LogP contribution in [-0.4, -0.2) is 11.4 Å². The van der Waals surface area contributed by atoms with Gasteiger partial charge in [0.15, 0.2) is 0 Å². The third kappa shape index (κ3) is 4.39. The molecule has 110 valence electrons. The second kappa shape index (κ2) is 6.82. The fourth-order valence-electron chi connectivity index (χ4n) is 2.83. The summed E-state index contributed by atoms with van der Waals surface area (Å²) < 4.78 is 0. The van der Waals surface area contributed by atoms with Gasteiger partial charge in [-0.1, -0.05) is 48.5 Å². The maximum absolute atomic E-state index is 12.1. The lowest BCUT2D eigenvalue weighted by Gasteiger charge is -2.34. The monoisotopic (exact) mass is 313 g/mol. The van der Waals surface area contributed by atoms with Crippen molar-refractivity contribution in [2.75, 3.05) is 0 Å². The van der Waals surface area contributed by atoms with Crippen LogP contribution in [0.15, 0.2) is 18.2 Å². The number of hydrogen-bond donors (Lipinski definition) is 1. The van der Waals surface area contributed by atoms with Gasteiger partial charge >= 0.3 is 0 Å². The summed E-state index contributed by atoms with van der Waals surface area (Å²) in [5.74, 6) is 0.111. The Balaban J connectivity index is 1.85. The maximum atomic E-state index is 12.1. The molecule has 4 heteroatoms. The van der Waals surface area contributed by atoms with Crippen LogP contribution in [0.4, 0.5) is 0 Å². The van der Waals surface area contributed by atoms with E-state index in [2.05, 4.69) is 12.2 Å². The maximum Gasteiger partial charge on any atom is 0.220 e. The Morgan fingerprint density at radius 1 is 1.25 bits per heavy atom. The lowest BCUT2D eigenvalue weighted by molar-refractivity contribution is -0.123. The molecule has 1 N–H and O–H groups in total. The molecule has 0 saturated heterocycles. The predicted octanol–water partition coefficient (Wildman–Crippen LogP) is 4.77. The van der Waals surface area contributed by atoms with Crippen molar-refractivity contribution in [1.82, 2.24) is 5.32 Å². The van der Waals surface area contributed by atoms with Crippen molar-refractivity contribution in [1.29, 1.82) is 0 Å². The van der Waals surface area contributed by atoms with E-state index in [0.29, 0.717) is 22.9 Å². The number of rotatable bonds is 4. The third-order valence-electron chi connectivity index (χ3n) is 4.03. The summed E-state index contributed by atoms with van der Waals surface area (Å²) in [6, 6.07) is 5.42. The molecule has 1 saturated carbocycles. The first kappa shape index (κ1) is 15.7. The summed E-state index contributed by atoms with van der Waals surface area (Å²) in [5.41, 5.74) is 0.957. The molecule has 1 aromatic carbocycles. The molecule has 1 aliphatic rings. The number of amides is 1. The quantitative estimate of drug-likeness (QED) is 0.852. The number of carbonyl (C=O) groups excluding carboxylic acids is 1. The lowest BCUT2D eigenvalue weighted by atomic mass is 9.83. The van der Waals surface area contributed by atoms with Gasteiger partial charge in [0.05, 0.1) is 0 Å². The summed E-state index contributed by atoms with van der Waals surface area (Å²) in [6.45, 7) is 2.15. The standard InChI is InChI=1S/C16H21Cl2NO/c1-16(9-3-2-4-10-16)19-15(20)8-6-12-5-7-13(17)11-14(12)18/h5,7,11H,2-4,6,8-10H2,1H3,(H,19,20). The Morgan fingerprint density at radius 3 is 2.60 bits per heavy atom. The second-order valence-electron chi connectivity index (χ2n) is 5.91. The summed E-state index contributed by atoms with van der Waals surface area (Å²) >= 11 is 12.0. The minimum Gasteiger partial charge on any atom is -0.351 e. The van der Waals surface area contributed by atoms with E-state index in [1.165, 1.54) is 19.3 Å². The van der Waals surface area contributed by atoms with Gasteiger partial charge < -0.3 is 5.32 Å². The molecule has 1 amide bonds. The van der Waals surface area contributed by atoms with Crippen LogP contribution in [0.25, 0.3) is 0 Å². The highest BCUT2D eigenvalue weighted by molar-refractivity contribution is 6.35. The number of hydrogen-bond acceptors (Lipinski definition) is 1. The van der Waals surface area contributed by atoms with Crippen molar-refractivity contribution in [3.05, 3.63) is 33.8 Å². The van der Waals surface area contributed by atoms with Crippen LogP contribution in [-0.2, 0) is 11.2 Å². The molecular weight excluding hydrogens is 293 g/mol. The van der Waals surface area contributed by atoms with E-state index in [-0.39, 0.29) is 11.4 Å². The molecule has 2 rings (SSSR count). The molecule has 0 aliphatic heterocycles. The number of benzene rings is 1. The van der Waals surface area contributed by atoms with Gasteiger partial charge in [0, 0.05) is 22.0 Å². The van der Waals surface area contributed by atoms with Gasteiger partial charge in [0.2, 0.25) is 5.91 Å². The average molecular weight is 314 g/mol. The van der Waals surface area contributed by atoms with Crippen LogP contribution in [0, 0.1) is 0 Å². The second-order valence-corrected chi connectivity index (χ2v) is 6.75. The first-order valence-electron chi connectivity index (χ1n) is 7.23. The number of halogens is 2. The van der Waals surface area contributed by atoms with Crippen LogP contribution < -0.4 is 5.32 Å². The van der Waals surface area contributed by atoms with E-state index in [4.69, 9.17) is 23.2 Å². The van der Waals surface area contributed by atoms with Crippen LogP contribution in [0.3, 0.4) is 0 Å². The van der Waals surface area contributed by atoms with Crippen molar-refractivity contribution < 1.29 is 4.79 Å². The van der Waals surface area contributed by atoms with E-state index in [0.717, 1.165) is 18.4 Å². The van der Waals surface area contributed by atoms with Crippen LogP contribution in [0.5, 0.6) is 0 Å². The first-order valence-corrected chi connectivity index (χ1v) is 7.99. The van der Waals surface area contributed by atoms with Gasteiger partial charge in [-0.05, 0) is 43.9 Å². The molecule has 0 bridgehead atoms. The van der Waals surface area contributed by atoms with Gasteiger partial charge in [0.1, 0.15) is 0 Å². The van der Waals surface area contributed by atoms with E-state index < -0.39 is 0 Å². The van der Waals surface area contributed by atoms with Gasteiger partial charge in [-0.25, -0.2) is 0 Å². The summed E-state index contributed by atoms with van der Waals surface area (Å²) in [6.07, 6.45) is 6.99. The number of carbonyl (C=O) groups is 1. The number of nitrogens with one attached hydrogen (secondary N) is 1. The Bertz CT molecular complexity index is 481. The molecule has 0 spiro atoms. The average Bonchev–Trinajstić information content (AvgIpc) is 2.38. The van der Waals surface area contributed by atoms with E-state index in [1.54, 1.807) is 6.07 Å².